The van der Waals surface area contributed by atoms with Gasteiger partial charge in [-0.1, -0.05) is 19.1 Å². The van der Waals surface area contributed by atoms with E-state index in [0.717, 1.165) is 56.0 Å². The zero-order valence-corrected chi connectivity index (χ0v) is 12.6. The lowest BCUT2D eigenvalue weighted by Gasteiger charge is -2.32. The summed E-state index contributed by atoms with van der Waals surface area (Å²) < 4.78 is 11.7. The van der Waals surface area contributed by atoms with Crippen LogP contribution in [0.25, 0.3) is 0 Å². The second kappa shape index (κ2) is 6.58. The minimum atomic E-state index is 0.119. The number of rotatable bonds is 4. The van der Waals surface area contributed by atoms with Crippen LogP contribution in [0.3, 0.4) is 0 Å². The summed E-state index contributed by atoms with van der Waals surface area (Å²) in [5.74, 6) is 1.10. The maximum absolute atomic E-state index is 11.9. The molecule has 4 heteroatoms. The van der Waals surface area contributed by atoms with E-state index in [2.05, 4.69) is 11.8 Å². The molecule has 0 spiro atoms. The van der Waals surface area contributed by atoms with Crippen molar-refractivity contribution in [1.29, 1.82) is 0 Å². The predicted octanol–water partition coefficient (Wildman–Crippen LogP) is 2.31. The smallest absolute Gasteiger partial charge is 0.163 e. The average Bonchev–Trinajstić information content (AvgIpc) is 2.53. The molecule has 1 saturated heterocycles. The van der Waals surface area contributed by atoms with Crippen molar-refractivity contribution >= 4 is 5.78 Å². The molecule has 3 rings (SSSR count). The van der Waals surface area contributed by atoms with E-state index >= 15 is 0 Å². The lowest BCUT2D eigenvalue weighted by atomic mass is 9.90. The van der Waals surface area contributed by atoms with Gasteiger partial charge in [0.25, 0.3) is 0 Å². The third-order valence-corrected chi connectivity index (χ3v) is 4.36. The molecule has 1 aromatic carbocycles. The molecule has 21 heavy (non-hydrogen) atoms. The summed E-state index contributed by atoms with van der Waals surface area (Å²) >= 11 is 0. The minimum Gasteiger partial charge on any atom is -0.491 e. The number of nitrogens with zero attached hydrogens (tertiary/aromatic N) is 1. The van der Waals surface area contributed by atoms with E-state index < -0.39 is 0 Å². The van der Waals surface area contributed by atoms with E-state index in [4.69, 9.17) is 9.47 Å². The standard InChI is InChI=1S/C17H23NO3/c1-2-18-9-10-20-13(11-18)12-21-17-8-4-5-14-15(17)6-3-7-16(14)19/h4-5,8,13H,2-3,6-7,9-12H2,1H3. The van der Waals surface area contributed by atoms with Crippen LogP contribution in [-0.4, -0.2) is 49.6 Å². The first-order valence-corrected chi connectivity index (χ1v) is 7.89. The highest BCUT2D eigenvalue weighted by Gasteiger charge is 2.23. The van der Waals surface area contributed by atoms with Crippen LogP contribution in [0.1, 0.15) is 35.7 Å². The first-order chi connectivity index (χ1) is 10.3. The molecule has 0 radical (unpaired) electrons. The Labute approximate surface area is 126 Å². The molecule has 4 nitrogen and oxygen atoms in total. The van der Waals surface area contributed by atoms with Crippen LogP contribution in [0.5, 0.6) is 5.75 Å². The summed E-state index contributed by atoms with van der Waals surface area (Å²) in [4.78, 5) is 14.3. The molecule has 1 unspecified atom stereocenters. The van der Waals surface area contributed by atoms with Gasteiger partial charge in [0.2, 0.25) is 0 Å². The summed E-state index contributed by atoms with van der Waals surface area (Å²) in [6.45, 7) is 6.47. The fourth-order valence-corrected chi connectivity index (χ4v) is 3.13. The first-order valence-electron chi connectivity index (χ1n) is 7.89. The largest absolute Gasteiger partial charge is 0.491 e. The van der Waals surface area contributed by atoms with Crippen molar-refractivity contribution in [1.82, 2.24) is 4.90 Å². The summed E-state index contributed by atoms with van der Waals surface area (Å²) in [5, 5.41) is 0. The highest BCUT2D eigenvalue weighted by molar-refractivity contribution is 5.99. The van der Waals surface area contributed by atoms with Crippen LogP contribution < -0.4 is 4.74 Å². The van der Waals surface area contributed by atoms with Crippen LogP contribution in [-0.2, 0) is 11.2 Å². The molecule has 114 valence electrons. The molecule has 1 aliphatic carbocycles. The maximum Gasteiger partial charge on any atom is 0.163 e. The second-order valence-electron chi connectivity index (χ2n) is 5.76. The van der Waals surface area contributed by atoms with E-state index in [0.29, 0.717) is 13.0 Å². The van der Waals surface area contributed by atoms with Gasteiger partial charge in [0, 0.05) is 30.6 Å². The van der Waals surface area contributed by atoms with Gasteiger partial charge in [0.15, 0.2) is 5.78 Å². The van der Waals surface area contributed by atoms with Gasteiger partial charge in [-0.15, -0.1) is 0 Å². The van der Waals surface area contributed by atoms with Crippen LogP contribution in [0.4, 0.5) is 0 Å². The van der Waals surface area contributed by atoms with Gasteiger partial charge in [-0.3, -0.25) is 9.69 Å². The molecule has 0 bridgehead atoms. The maximum atomic E-state index is 11.9. The second-order valence-corrected chi connectivity index (χ2v) is 5.76. The number of morpholine rings is 1. The number of hydrogen-bond acceptors (Lipinski definition) is 4. The van der Waals surface area contributed by atoms with Crippen LogP contribution >= 0.6 is 0 Å². The Kier molecular flexibility index (Phi) is 4.56. The minimum absolute atomic E-state index is 0.119. The molecular weight excluding hydrogens is 266 g/mol. The van der Waals surface area contributed by atoms with E-state index in [9.17, 15) is 4.79 Å². The van der Waals surface area contributed by atoms with Crippen molar-refractivity contribution in [3.8, 4) is 5.75 Å². The molecule has 0 amide bonds. The SMILES string of the molecule is CCN1CCOC(COc2cccc3c2CCCC3=O)C1. The van der Waals surface area contributed by atoms with Crippen LogP contribution in [0.15, 0.2) is 18.2 Å². The number of likely N-dealkylation sites (N-methyl/N-ethyl adjacent to an activating group) is 1. The Morgan fingerprint density at radius 3 is 3.14 bits per heavy atom. The van der Waals surface area contributed by atoms with Crippen molar-refractivity contribution < 1.29 is 14.3 Å². The Hall–Kier alpha value is -1.39. The zero-order valence-electron chi connectivity index (χ0n) is 12.6. The van der Waals surface area contributed by atoms with E-state index in [1.54, 1.807) is 0 Å². The van der Waals surface area contributed by atoms with Crippen molar-refractivity contribution in [2.75, 3.05) is 32.8 Å². The van der Waals surface area contributed by atoms with Gasteiger partial charge in [-0.05, 0) is 25.5 Å². The Morgan fingerprint density at radius 1 is 1.38 bits per heavy atom. The topological polar surface area (TPSA) is 38.8 Å². The summed E-state index contributed by atoms with van der Waals surface area (Å²) in [6, 6.07) is 5.80. The third-order valence-electron chi connectivity index (χ3n) is 4.36. The third kappa shape index (κ3) is 3.27. The highest BCUT2D eigenvalue weighted by Crippen LogP contribution is 2.29. The Bertz CT molecular complexity index is 515. The predicted molar refractivity (Wildman–Crippen MR) is 81.1 cm³/mol. The Balaban J connectivity index is 1.66. The van der Waals surface area contributed by atoms with E-state index in [1.807, 2.05) is 18.2 Å². The fraction of sp³-hybridized carbons (Fsp3) is 0.588. The molecule has 0 N–H and O–H groups in total. The number of carbonyl (C=O) groups excluding carboxylic acids is 1. The van der Waals surface area contributed by atoms with Gasteiger partial charge in [-0.2, -0.15) is 0 Å². The van der Waals surface area contributed by atoms with Crippen molar-refractivity contribution in [3.05, 3.63) is 29.3 Å². The molecule has 0 saturated carbocycles. The van der Waals surface area contributed by atoms with Gasteiger partial charge in [0.1, 0.15) is 18.5 Å². The summed E-state index contributed by atoms with van der Waals surface area (Å²) in [7, 11) is 0. The zero-order chi connectivity index (χ0) is 14.7. The quantitative estimate of drug-likeness (QED) is 0.852. The van der Waals surface area contributed by atoms with Crippen molar-refractivity contribution in [2.24, 2.45) is 0 Å². The lowest BCUT2D eigenvalue weighted by molar-refractivity contribution is -0.0465. The molecule has 2 aliphatic rings. The molecule has 1 aromatic rings. The molecular formula is C17H23NO3. The molecule has 1 fully saturated rings. The molecule has 0 aromatic heterocycles. The lowest BCUT2D eigenvalue weighted by Crippen LogP contribution is -2.44. The summed E-state index contributed by atoms with van der Waals surface area (Å²) in [5.41, 5.74) is 1.93. The monoisotopic (exact) mass is 289 g/mol. The van der Waals surface area contributed by atoms with Crippen molar-refractivity contribution in [2.45, 2.75) is 32.3 Å². The van der Waals surface area contributed by atoms with E-state index in [1.165, 1.54) is 0 Å². The van der Waals surface area contributed by atoms with Crippen molar-refractivity contribution in [3.63, 3.8) is 0 Å². The van der Waals surface area contributed by atoms with Gasteiger partial charge >= 0.3 is 0 Å². The normalized spacial score (nSPS) is 22.9. The van der Waals surface area contributed by atoms with Gasteiger partial charge in [-0.25, -0.2) is 0 Å². The number of hydrogen-bond donors (Lipinski definition) is 0. The number of carbonyl (C=O) groups is 1. The average molecular weight is 289 g/mol. The van der Waals surface area contributed by atoms with Gasteiger partial charge < -0.3 is 9.47 Å². The number of ether oxygens (including phenoxy) is 2. The first kappa shape index (κ1) is 14.5. The van der Waals surface area contributed by atoms with Crippen LogP contribution in [0, 0.1) is 0 Å². The molecule has 1 heterocycles. The highest BCUT2D eigenvalue weighted by atomic mass is 16.5. The number of benzene rings is 1. The van der Waals surface area contributed by atoms with Gasteiger partial charge in [0.05, 0.1) is 6.61 Å². The molecule has 1 aliphatic heterocycles. The fourth-order valence-electron chi connectivity index (χ4n) is 3.13. The number of ketones is 1. The van der Waals surface area contributed by atoms with Crippen LogP contribution in [0.2, 0.25) is 0 Å². The number of Topliss-reactive ketones (excluding diaryl/α,β-unsaturated/α-hetero) is 1. The Morgan fingerprint density at radius 2 is 2.29 bits per heavy atom. The number of fused-ring (bicyclic) bond motifs is 1. The van der Waals surface area contributed by atoms with E-state index in [-0.39, 0.29) is 11.9 Å². The summed E-state index contributed by atoms with van der Waals surface area (Å²) in [6.07, 6.45) is 2.64. The molecule has 1 atom stereocenters.